The van der Waals surface area contributed by atoms with Crippen molar-refractivity contribution >= 4 is 81.1 Å². The largest absolute Gasteiger partial charge is 0.371 e. The van der Waals surface area contributed by atoms with Gasteiger partial charge in [-0.15, -0.1) is 52.1 Å². The first kappa shape index (κ1) is 99.6. The average molecular weight is 1990 g/mol. The quantitative estimate of drug-likeness (QED) is 0.110. The van der Waals surface area contributed by atoms with E-state index < -0.39 is 0 Å². The number of aliphatic imine (C=N–C) groups is 5. The Kier molecular flexibility index (Phi) is 36.5. The highest BCUT2D eigenvalue weighted by atomic mass is 32.1. The summed E-state index contributed by atoms with van der Waals surface area (Å²) in [4.78, 5) is 53.5. The molecule has 17 aliphatic rings. The Morgan fingerprint density at radius 1 is 0.404 bits per heavy atom. The number of tetrazole rings is 1. The molecule has 0 amide bonds. The van der Waals surface area contributed by atoms with Crippen molar-refractivity contribution in [3.63, 3.8) is 0 Å². The van der Waals surface area contributed by atoms with Crippen LogP contribution in [0.2, 0.25) is 0 Å². The van der Waals surface area contributed by atoms with E-state index in [1.165, 1.54) is 199 Å². The monoisotopic (exact) mass is 1980 g/mol. The first-order chi connectivity index (χ1) is 72.4. The number of hydrogen-bond donors (Lipinski definition) is 4. The van der Waals surface area contributed by atoms with Crippen LogP contribution in [-0.4, -0.2) is 261 Å². The number of H-pyrrole nitrogens is 2. The third-order valence-electron chi connectivity index (χ3n) is 25.8. The first-order valence-corrected chi connectivity index (χ1v) is 51.3. The molecule has 4 fully saturated rings. The van der Waals surface area contributed by atoms with Gasteiger partial charge in [0.2, 0.25) is 0 Å². The van der Waals surface area contributed by atoms with Gasteiger partial charge in [0.1, 0.15) is 78.9 Å². The molecule has 754 valence electrons. The molecule has 0 atom stereocenters. The predicted molar refractivity (Wildman–Crippen MR) is 563 cm³/mol. The standard InChI is InChI=1S/C8H11N.3C7H10N2.2C7H6N2.2C6H5N3.C6H6N2S.2C6H8N2.C5H6N4.4C5H7N3.C4H6N4/c1-2-6-9-7-3-5-8(9)4-1;1-3-7-8-4-2-6-9(7)5-1;1-2-7-3-4-8-6-9(7)5-1;1-2-7-6-8-3-5-9(7)4-1;1-2-6-7(8-4-1)3-5-9-6;1-2-5-9-6-4-8-7(9)3-1;1-2-4-9-5-7-8-6(9)3-1;1-2-4-9-6(3-1)7-5-8-9;1-2-9-6-5(1)3-7-4-8-6;1-2-6-3-4-7-8(6)5-1;1-2-6-7-3-5-8(6)4-1;1-4-2-8-9-5(4)7-3-6-1;2*1-2-5-7-6-4-8(5)3-1;1-2-5-6-4-7-8(5)3-1;1-2-5-4-6-7-8(5)3-1;1-2-4-5-6-7-8(4)3-1/h1-2,4H,3,5-7H2;2,4H,1,3,5-6H2;3-4H,1-2,5-6H2;3,6H,1-2,4-5H2;1-5,9H;1-6H;2*1-5H;1-2,4H,3H2,(H,7,8);3-4H,1-2,5H2;3,5H,1-2,4H2;2-3H,1H2,(H2,6,7,8,9);4*4H,1-3H2;1-3H2. The Bertz CT molecular complexity index is 5940. The number of hydrogen-bond acceptors (Lipinski definition) is 32. The van der Waals surface area contributed by atoms with Gasteiger partial charge in [0, 0.05) is 244 Å². The lowest BCUT2D eigenvalue weighted by Gasteiger charge is -2.19. The fourth-order valence-electron chi connectivity index (χ4n) is 18.2. The lowest BCUT2D eigenvalue weighted by Crippen LogP contribution is -2.26. The normalized spacial score (nSPS) is 16.6. The fraction of sp³-hybridized carbons (Fsp3) is 0.382. The van der Waals surface area contributed by atoms with Crippen LogP contribution in [0.25, 0.3) is 28.0 Å². The third-order valence-corrected chi connectivity index (χ3v) is 26.7. The Balaban J connectivity index is 0.000000102. The van der Waals surface area contributed by atoms with Crippen molar-refractivity contribution in [3.8, 4) is 0 Å². The molecule has 44 heteroatoms. The molecule has 0 radical (unpaired) electrons. The van der Waals surface area contributed by atoms with Gasteiger partial charge in [-0.25, -0.2) is 38.8 Å². The predicted octanol–water partition coefficient (Wildman–Crippen LogP) is 13.2. The van der Waals surface area contributed by atoms with Gasteiger partial charge in [0.05, 0.1) is 66.4 Å². The summed E-state index contributed by atoms with van der Waals surface area (Å²) in [5, 5.41) is 69.6. The minimum absolute atomic E-state index is 0.735. The van der Waals surface area contributed by atoms with E-state index in [0.29, 0.717) is 0 Å². The molecule has 0 bridgehead atoms. The zero-order chi connectivity index (χ0) is 98.8. The van der Waals surface area contributed by atoms with Gasteiger partial charge < -0.3 is 53.3 Å². The fourth-order valence-corrected chi connectivity index (χ4v) is 19.0. The van der Waals surface area contributed by atoms with Crippen LogP contribution < -0.4 is 10.6 Å². The van der Waals surface area contributed by atoms with Crippen molar-refractivity contribution < 1.29 is 0 Å². The molecule has 17 aromatic rings. The molecule has 0 spiro atoms. The number of fused-ring (bicyclic) bond motifs is 17. The van der Waals surface area contributed by atoms with Crippen LogP contribution in [0, 0.1) is 0 Å². The van der Waals surface area contributed by atoms with E-state index in [9.17, 15) is 0 Å². The number of imidazole rings is 2. The summed E-state index contributed by atoms with van der Waals surface area (Å²) in [6.07, 6.45) is 79.9. The number of anilines is 2. The maximum Gasteiger partial charge on any atom is 0.160 e. The van der Waals surface area contributed by atoms with Crippen LogP contribution in [-0.2, 0) is 104 Å². The van der Waals surface area contributed by atoms with Gasteiger partial charge in [-0.2, -0.15) is 20.4 Å². The maximum atomic E-state index is 4.25. The summed E-state index contributed by atoms with van der Waals surface area (Å²) in [5.41, 5.74) is 14.4. The minimum atomic E-state index is 0.735. The van der Waals surface area contributed by atoms with Crippen molar-refractivity contribution in [3.05, 3.63) is 308 Å². The molecule has 0 unspecified atom stereocenters. The van der Waals surface area contributed by atoms with Crippen molar-refractivity contribution in [2.45, 2.75) is 200 Å². The summed E-state index contributed by atoms with van der Waals surface area (Å²) in [6, 6.07) is 27.5. The molecule has 0 aliphatic carbocycles. The summed E-state index contributed by atoms with van der Waals surface area (Å²) in [7, 11) is 0. The van der Waals surface area contributed by atoms with Gasteiger partial charge in [-0.3, -0.25) is 43.8 Å². The van der Waals surface area contributed by atoms with Crippen molar-refractivity contribution in [2.75, 3.05) is 63.1 Å². The number of pyridine rings is 4. The number of nitrogens with one attached hydrogen (secondary N) is 4. The number of allylic oxidation sites excluding steroid dienone is 6. The topological polar surface area (TPSA) is 436 Å². The number of aryl methyl sites for hydroxylation is 14. The van der Waals surface area contributed by atoms with Gasteiger partial charge in [0.25, 0.3) is 0 Å². The average Bonchev–Trinajstić information content (AvgIpc) is 1.72. The summed E-state index contributed by atoms with van der Waals surface area (Å²) in [5.74, 6) is 7.97. The van der Waals surface area contributed by atoms with E-state index in [4.69, 9.17) is 0 Å². The van der Waals surface area contributed by atoms with Crippen molar-refractivity contribution in [1.29, 1.82) is 0 Å². The highest BCUT2D eigenvalue weighted by molar-refractivity contribution is 7.14. The van der Waals surface area contributed by atoms with Gasteiger partial charge in [-0.1, -0.05) is 35.6 Å². The molecule has 4 N–H and O–H groups in total. The minimum Gasteiger partial charge on any atom is -0.371 e. The first-order valence-electron chi connectivity index (χ1n) is 50.5. The Labute approximate surface area is 849 Å². The molecule has 4 saturated heterocycles. The molecule has 17 aliphatic heterocycles. The third kappa shape index (κ3) is 28.9. The molecular weight excluding hydrogens is 1860 g/mol. The SMILES string of the molecule is C1=CCN2CCCC2=C1.C1=CN=C2CCCN2C1.C1=NC=C2CCCN2C1.C1=NCN2CCCC2=C1.C1=NCc2ccsc2N1.C1=NCc2cn[nH]c2N1.C1Cc2nnnn2C1.c1cc2n(n1)CCC2.c1ccn2ccnc2c1.c1ccn2cnnc2c1.c1ccn2ncnc2c1.c1cn2c(n1)CCC2.c1cnc2cc[nH]c2c1.c1nc2n(n1)CCC2.c1nnc2n1CCC2.c1nnc2n1CCC2.c1nnn2c1CCC2. The number of amidine groups is 1. The molecule has 146 heavy (non-hydrogen) atoms. The Hall–Kier alpha value is -16.6. The second-order valence-electron chi connectivity index (χ2n) is 35.6. The van der Waals surface area contributed by atoms with Gasteiger partial charge in [-0.05, 0) is 203 Å². The lowest BCUT2D eigenvalue weighted by molar-refractivity contribution is 0.404. The molecule has 17 aromatic heterocycles. The molecule has 0 aromatic carbocycles. The van der Waals surface area contributed by atoms with Crippen LogP contribution >= 0.6 is 11.3 Å². The van der Waals surface area contributed by atoms with Crippen molar-refractivity contribution in [2.24, 2.45) is 25.0 Å². The van der Waals surface area contributed by atoms with Crippen LogP contribution in [0.3, 0.4) is 0 Å². The number of nitrogens with zero attached hydrogens (tertiary/aromatic N) is 39. The molecule has 34 heterocycles. The highest BCUT2D eigenvalue weighted by Gasteiger charge is 2.22. The number of aromatic amines is 2. The molecule has 0 saturated carbocycles. The van der Waals surface area contributed by atoms with Crippen LogP contribution in [0.15, 0.2) is 281 Å². The van der Waals surface area contributed by atoms with E-state index >= 15 is 0 Å². The Morgan fingerprint density at radius 2 is 1.09 bits per heavy atom. The van der Waals surface area contributed by atoms with Gasteiger partial charge in [0.15, 0.2) is 17.1 Å². The second-order valence-corrected chi connectivity index (χ2v) is 36.5. The van der Waals surface area contributed by atoms with E-state index in [-0.39, 0.29) is 0 Å². The summed E-state index contributed by atoms with van der Waals surface area (Å²) in [6.45, 7) is 18.3. The van der Waals surface area contributed by atoms with E-state index in [0.717, 1.165) is 173 Å². The smallest absolute Gasteiger partial charge is 0.160 e. The number of thiophene rings is 1. The van der Waals surface area contributed by atoms with Crippen molar-refractivity contribution in [1.82, 2.24) is 177 Å². The van der Waals surface area contributed by atoms with Crippen LogP contribution in [0.1, 0.15) is 148 Å². The number of aromatic nitrogens is 32. The summed E-state index contributed by atoms with van der Waals surface area (Å²) < 4.78 is 19.8. The van der Waals surface area contributed by atoms with E-state index in [2.05, 4.69) is 233 Å². The molecule has 34 rings (SSSR count). The van der Waals surface area contributed by atoms with E-state index in [1.54, 1.807) is 72.4 Å². The van der Waals surface area contributed by atoms with E-state index in [1.807, 2.05) is 176 Å². The highest BCUT2D eigenvalue weighted by Crippen LogP contribution is 2.28. The summed E-state index contributed by atoms with van der Waals surface area (Å²) >= 11 is 1.72. The van der Waals surface area contributed by atoms with Crippen LogP contribution in [0.4, 0.5) is 10.8 Å². The molecule has 43 nitrogen and oxygen atoms in total. The maximum absolute atomic E-state index is 4.25. The zero-order valence-electron chi connectivity index (χ0n) is 82.3. The second kappa shape index (κ2) is 53.5. The van der Waals surface area contributed by atoms with Crippen LogP contribution in [0.5, 0.6) is 0 Å². The zero-order valence-corrected chi connectivity index (χ0v) is 83.1. The number of rotatable bonds is 0. The van der Waals surface area contributed by atoms with Gasteiger partial charge >= 0.3 is 0 Å². The molecular formula is C102H125N43S. The lowest BCUT2D eigenvalue weighted by atomic mass is 10.2. The Morgan fingerprint density at radius 3 is 1.85 bits per heavy atom.